The molecule has 2 nitrogen and oxygen atoms in total. The van der Waals surface area contributed by atoms with Gasteiger partial charge < -0.3 is 5.32 Å². The van der Waals surface area contributed by atoms with Crippen LogP contribution in [0.15, 0.2) is 0 Å². The van der Waals surface area contributed by atoms with Gasteiger partial charge in [-0.25, -0.2) is 0 Å². The molecule has 1 aliphatic carbocycles. The fraction of sp³-hybridized carbons (Fsp3) is 1.00. The van der Waals surface area contributed by atoms with Gasteiger partial charge in [-0.15, -0.1) is 0 Å². The van der Waals surface area contributed by atoms with Crippen LogP contribution in [-0.4, -0.2) is 28.3 Å². The minimum atomic E-state index is -0.581. The topological polar surface area (TPSA) is 29.1 Å². The second-order valence-electron chi connectivity index (χ2n) is 5.93. The molecule has 17 heavy (non-hydrogen) atoms. The quantitative estimate of drug-likeness (QED) is 0.712. The lowest BCUT2D eigenvalue weighted by molar-refractivity contribution is 0.389. The normalized spacial score (nSPS) is 27.3. The smallest absolute Gasteiger partial charge is 0.0350 e. The Kier molecular flexibility index (Phi) is 7.36. The maximum atomic E-state index is 12.1. The zero-order valence-electron chi connectivity index (χ0n) is 11.7. The largest absolute Gasteiger partial charge is 0.316 e. The molecule has 1 fully saturated rings. The summed E-state index contributed by atoms with van der Waals surface area (Å²) >= 11 is 0. The zero-order valence-corrected chi connectivity index (χ0v) is 12.5. The Labute approximate surface area is 109 Å². The van der Waals surface area contributed by atoms with Crippen molar-refractivity contribution < 1.29 is 4.21 Å². The van der Waals surface area contributed by atoms with Crippen LogP contribution in [0.1, 0.15) is 52.9 Å². The molecule has 1 aliphatic rings. The van der Waals surface area contributed by atoms with Crippen molar-refractivity contribution in [2.24, 2.45) is 11.8 Å². The van der Waals surface area contributed by atoms with Gasteiger partial charge in [0.1, 0.15) is 0 Å². The van der Waals surface area contributed by atoms with E-state index in [0.29, 0.717) is 11.2 Å². The van der Waals surface area contributed by atoms with E-state index in [4.69, 9.17) is 0 Å². The third kappa shape index (κ3) is 6.56. The molecule has 1 saturated carbocycles. The first kappa shape index (κ1) is 15.2. The summed E-state index contributed by atoms with van der Waals surface area (Å²) in [6.07, 6.45) is 6.05. The second kappa shape index (κ2) is 8.25. The molecule has 0 amide bonds. The van der Waals surface area contributed by atoms with Crippen LogP contribution in [-0.2, 0) is 10.8 Å². The first-order valence-corrected chi connectivity index (χ1v) is 8.55. The molecule has 1 rings (SSSR count). The molecular formula is C14H29NOS. The van der Waals surface area contributed by atoms with E-state index >= 15 is 0 Å². The maximum Gasteiger partial charge on any atom is 0.0350 e. The number of hydrogen-bond acceptors (Lipinski definition) is 2. The average Bonchev–Trinajstić information content (AvgIpc) is 2.28. The fourth-order valence-corrected chi connectivity index (χ4v) is 4.25. The van der Waals surface area contributed by atoms with E-state index < -0.39 is 10.8 Å². The fourth-order valence-electron chi connectivity index (χ4n) is 2.51. The molecule has 0 aromatic rings. The Bertz CT molecular complexity index is 230. The van der Waals surface area contributed by atoms with Crippen LogP contribution >= 0.6 is 0 Å². The summed E-state index contributed by atoms with van der Waals surface area (Å²) in [5.41, 5.74) is 0. The number of nitrogens with one attached hydrogen (secondary N) is 1. The van der Waals surface area contributed by atoms with Crippen LogP contribution in [0.4, 0.5) is 0 Å². The summed E-state index contributed by atoms with van der Waals surface area (Å²) in [6.45, 7) is 8.83. The van der Waals surface area contributed by atoms with Gasteiger partial charge in [-0.3, -0.25) is 4.21 Å². The van der Waals surface area contributed by atoms with Gasteiger partial charge in [0, 0.05) is 21.8 Å². The highest BCUT2D eigenvalue weighted by Gasteiger charge is 2.23. The molecule has 0 aliphatic heterocycles. The molecule has 1 N–H and O–H groups in total. The summed E-state index contributed by atoms with van der Waals surface area (Å²) in [6, 6.07) is 0. The summed E-state index contributed by atoms with van der Waals surface area (Å²) in [5, 5.41) is 3.91. The van der Waals surface area contributed by atoms with Gasteiger partial charge in [-0.1, -0.05) is 33.6 Å². The lowest BCUT2D eigenvalue weighted by Gasteiger charge is -2.26. The van der Waals surface area contributed by atoms with Crippen molar-refractivity contribution in [2.75, 3.05) is 18.8 Å². The van der Waals surface area contributed by atoms with Crippen LogP contribution in [0.5, 0.6) is 0 Å². The van der Waals surface area contributed by atoms with Crippen molar-refractivity contribution in [3.8, 4) is 0 Å². The molecule has 3 atom stereocenters. The van der Waals surface area contributed by atoms with Crippen molar-refractivity contribution in [3.63, 3.8) is 0 Å². The molecular weight excluding hydrogens is 230 g/mol. The van der Waals surface area contributed by atoms with Gasteiger partial charge in [0.25, 0.3) is 0 Å². The van der Waals surface area contributed by atoms with Gasteiger partial charge >= 0.3 is 0 Å². The van der Waals surface area contributed by atoms with E-state index in [0.717, 1.165) is 31.2 Å². The molecule has 0 radical (unpaired) electrons. The number of hydrogen-bond donors (Lipinski definition) is 1. The summed E-state index contributed by atoms with van der Waals surface area (Å²) in [5.74, 6) is 2.39. The Morgan fingerprint density at radius 3 is 2.76 bits per heavy atom. The molecule has 3 unspecified atom stereocenters. The van der Waals surface area contributed by atoms with Gasteiger partial charge in [0.15, 0.2) is 0 Å². The van der Waals surface area contributed by atoms with E-state index in [1.54, 1.807) is 0 Å². The van der Waals surface area contributed by atoms with Crippen LogP contribution in [0.25, 0.3) is 0 Å². The molecule has 0 spiro atoms. The second-order valence-corrected chi connectivity index (χ2v) is 7.77. The van der Waals surface area contributed by atoms with E-state index in [1.165, 1.54) is 25.7 Å². The monoisotopic (exact) mass is 259 g/mol. The maximum absolute atomic E-state index is 12.1. The van der Waals surface area contributed by atoms with Gasteiger partial charge in [0.05, 0.1) is 0 Å². The highest BCUT2D eigenvalue weighted by atomic mass is 32.2. The SMILES string of the molecule is CC(C)CNCCCS(=O)C1CCCC(C)C1. The molecule has 0 aromatic carbocycles. The van der Waals surface area contributed by atoms with Crippen LogP contribution in [0.3, 0.4) is 0 Å². The molecule has 0 saturated heterocycles. The van der Waals surface area contributed by atoms with Gasteiger partial charge in [0.2, 0.25) is 0 Å². The highest BCUT2D eigenvalue weighted by Crippen LogP contribution is 2.27. The predicted molar refractivity (Wildman–Crippen MR) is 76.8 cm³/mol. The molecule has 0 heterocycles. The predicted octanol–water partition coefficient (Wildman–Crippen LogP) is 2.95. The van der Waals surface area contributed by atoms with Crippen molar-refractivity contribution >= 4 is 10.8 Å². The third-order valence-electron chi connectivity index (χ3n) is 3.51. The van der Waals surface area contributed by atoms with Crippen LogP contribution in [0.2, 0.25) is 0 Å². The van der Waals surface area contributed by atoms with Gasteiger partial charge in [-0.05, 0) is 44.2 Å². The minimum absolute atomic E-state index is 0.490. The summed E-state index contributed by atoms with van der Waals surface area (Å²) in [4.78, 5) is 0. The lowest BCUT2D eigenvalue weighted by Crippen LogP contribution is -2.27. The van der Waals surface area contributed by atoms with Crippen molar-refractivity contribution in [2.45, 2.75) is 58.1 Å². The zero-order chi connectivity index (χ0) is 12.7. The molecule has 3 heteroatoms. The lowest BCUT2D eigenvalue weighted by atomic mass is 9.91. The van der Waals surface area contributed by atoms with Crippen molar-refractivity contribution in [3.05, 3.63) is 0 Å². The van der Waals surface area contributed by atoms with E-state index in [-0.39, 0.29) is 0 Å². The molecule has 0 bridgehead atoms. The van der Waals surface area contributed by atoms with Crippen LogP contribution in [0, 0.1) is 11.8 Å². The Morgan fingerprint density at radius 2 is 2.12 bits per heavy atom. The molecule has 0 aromatic heterocycles. The van der Waals surface area contributed by atoms with E-state index in [9.17, 15) is 4.21 Å². The van der Waals surface area contributed by atoms with Crippen LogP contribution < -0.4 is 5.32 Å². The number of rotatable bonds is 7. The molecule has 102 valence electrons. The minimum Gasteiger partial charge on any atom is -0.316 e. The van der Waals surface area contributed by atoms with Crippen molar-refractivity contribution in [1.29, 1.82) is 0 Å². The standard InChI is InChI=1S/C14H29NOS/c1-12(2)11-15-8-5-9-17(16)14-7-4-6-13(3)10-14/h12-15H,4-11H2,1-3H3. The first-order chi connectivity index (χ1) is 8.09. The average molecular weight is 259 g/mol. The Hall–Kier alpha value is 0.110. The van der Waals surface area contributed by atoms with Crippen molar-refractivity contribution in [1.82, 2.24) is 5.32 Å². The third-order valence-corrected chi connectivity index (χ3v) is 5.37. The summed E-state index contributed by atoms with van der Waals surface area (Å²) in [7, 11) is -0.581. The summed E-state index contributed by atoms with van der Waals surface area (Å²) < 4.78 is 12.1. The Balaban J connectivity index is 2.08. The van der Waals surface area contributed by atoms with Gasteiger partial charge in [-0.2, -0.15) is 0 Å². The Morgan fingerprint density at radius 1 is 1.35 bits per heavy atom. The highest BCUT2D eigenvalue weighted by molar-refractivity contribution is 7.85. The van der Waals surface area contributed by atoms with E-state index in [2.05, 4.69) is 26.1 Å². The first-order valence-electron chi connectivity index (χ1n) is 7.17. The van der Waals surface area contributed by atoms with E-state index in [1.807, 2.05) is 0 Å².